The third-order valence-corrected chi connectivity index (χ3v) is 7.66. The Morgan fingerprint density at radius 1 is 1.05 bits per heavy atom. The smallest absolute Gasteiger partial charge is 0.323 e. The first-order chi connectivity index (χ1) is 20.7. The number of amides is 3. The molecule has 2 heterocycles. The van der Waals surface area contributed by atoms with Gasteiger partial charge in [0.2, 0.25) is 12.7 Å². The number of urea groups is 1. The van der Waals surface area contributed by atoms with Crippen molar-refractivity contribution in [3.63, 3.8) is 0 Å². The molecule has 3 aromatic rings. The first kappa shape index (κ1) is 30.1. The Balaban J connectivity index is 1.34. The van der Waals surface area contributed by atoms with E-state index in [-0.39, 0.29) is 43.8 Å². The summed E-state index contributed by atoms with van der Waals surface area (Å²) in [6, 6.07) is 15.7. The van der Waals surface area contributed by atoms with Gasteiger partial charge in [-0.1, -0.05) is 13.0 Å². The van der Waals surface area contributed by atoms with E-state index >= 15 is 0 Å². The number of aliphatic hydroxyl groups is 1. The minimum absolute atomic E-state index is 0.0429. The Labute approximate surface area is 250 Å². The van der Waals surface area contributed by atoms with Crippen LogP contribution in [0.3, 0.4) is 0 Å². The van der Waals surface area contributed by atoms with Crippen LogP contribution in [0.15, 0.2) is 60.7 Å². The molecule has 5 rings (SSSR count). The largest absolute Gasteiger partial charge is 0.488 e. The molecule has 228 valence electrons. The van der Waals surface area contributed by atoms with Gasteiger partial charge in [-0.3, -0.25) is 9.69 Å². The summed E-state index contributed by atoms with van der Waals surface area (Å²) in [4.78, 5) is 30.0. The van der Waals surface area contributed by atoms with E-state index in [1.54, 1.807) is 23.1 Å². The third-order valence-electron chi connectivity index (χ3n) is 7.66. The average Bonchev–Trinajstić information content (AvgIpc) is 3.46. The van der Waals surface area contributed by atoms with Crippen LogP contribution in [-0.4, -0.2) is 72.5 Å². The van der Waals surface area contributed by atoms with Gasteiger partial charge in [-0.25, -0.2) is 9.18 Å². The van der Waals surface area contributed by atoms with Crippen LogP contribution < -0.4 is 24.8 Å². The maximum Gasteiger partial charge on any atom is 0.323 e. The molecule has 3 N–H and O–H groups in total. The first-order valence-electron chi connectivity index (χ1n) is 14.3. The number of likely N-dealkylation sites (N-methyl/N-ethyl adjacent to an activating group) is 1. The molecule has 0 saturated heterocycles. The number of aliphatic hydroxyl groups excluding tert-OH is 1. The van der Waals surface area contributed by atoms with E-state index < -0.39 is 11.8 Å². The predicted molar refractivity (Wildman–Crippen MR) is 160 cm³/mol. The standard InChI is InChI=1S/C32H37FN4O6/c1-20-15-37(21(2)18-38)31(39)14-23-13-26(35-32(40)34-25-7-5-24(33)6-8-25)9-11-27(23)43-30(20)17-36(3)16-22-4-10-28-29(12-22)42-19-41-28/h4-13,20-21,30,38H,14-19H2,1-3H3,(H2,34,35,40)/t20-,21+,30-/m1/s1. The van der Waals surface area contributed by atoms with Crippen LogP contribution in [0.2, 0.25) is 0 Å². The molecule has 0 fully saturated rings. The van der Waals surface area contributed by atoms with Crippen molar-refractivity contribution in [3.8, 4) is 17.2 Å². The molecule has 3 atom stereocenters. The topological polar surface area (TPSA) is 113 Å². The van der Waals surface area contributed by atoms with Crippen LogP contribution in [0.4, 0.5) is 20.6 Å². The van der Waals surface area contributed by atoms with E-state index in [0.717, 1.165) is 17.1 Å². The first-order valence-corrected chi connectivity index (χ1v) is 14.3. The van der Waals surface area contributed by atoms with Crippen LogP contribution in [0, 0.1) is 11.7 Å². The molecule has 11 heteroatoms. The van der Waals surface area contributed by atoms with Crippen molar-refractivity contribution in [3.05, 3.63) is 77.6 Å². The lowest BCUT2D eigenvalue weighted by molar-refractivity contribution is -0.134. The average molecular weight is 593 g/mol. The molecule has 0 bridgehead atoms. The maximum atomic E-state index is 13.5. The highest BCUT2D eigenvalue weighted by Gasteiger charge is 2.31. The molecule has 2 aliphatic rings. The SMILES string of the molecule is C[C@@H]1CN([C@@H](C)CO)C(=O)Cc2cc(NC(=O)Nc3ccc(F)cc3)ccc2O[C@@H]1CN(C)Cc1ccc2c(c1)OCO2. The second kappa shape index (κ2) is 13.3. The fourth-order valence-electron chi connectivity index (χ4n) is 5.27. The Morgan fingerprint density at radius 3 is 2.51 bits per heavy atom. The molecule has 3 amide bonds. The van der Waals surface area contributed by atoms with Gasteiger partial charge in [0, 0.05) is 42.5 Å². The minimum atomic E-state index is -0.506. The lowest BCUT2D eigenvalue weighted by Gasteiger charge is -2.34. The maximum absolute atomic E-state index is 13.5. The molecule has 3 aromatic carbocycles. The minimum Gasteiger partial charge on any atom is -0.488 e. The summed E-state index contributed by atoms with van der Waals surface area (Å²) >= 11 is 0. The Bertz CT molecular complexity index is 1450. The van der Waals surface area contributed by atoms with Gasteiger partial charge in [0.25, 0.3) is 0 Å². The van der Waals surface area contributed by atoms with E-state index in [1.165, 1.54) is 24.3 Å². The number of hydrogen-bond acceptors (Lipinski definition) is 7. The molecule has 10 nitrogen and oxygen atoms in total. The summed E-state index contributed by atoms with van der Waals surface area (Å²) in [6.45, 7) is 5.57. The summed E-state index contributed by atoms with van der Waals surface area (Å²) in [5.74, 6) is 1.44. The van der Waals surface area contributed by atoms with E-state index in [4.69, 9.17) is 14.2 Å². The highest BCUT2D eigenvalue weighted by Crippen LogP contribution is 2.33. The highest BCUT2D eigenvalue weighted by atomic mass is 19.1. The van der Waals surface area contributed by atoms with E-state index in [0.29, 0.717) is 42.3 Å². The van der Waals surface area contributed by atoms with Crippen molar-refractivity contribution in [2.45, 2.75) is 39.0 Å². The van der Waals surface area contributed by atoms with Gasteiger partial charge in [0.05, 0.1) is 19.1 Å². The third kappa shape index (κ3) is 7.54. The van der Waals surface area contributed by atoms with Crippen LogP contribution >= 0.6 is 0 Å². The molecule has 43 heavy (non-hydrogen) atoms. The molecule has 2 aliphatic heterocycles. The van der Waals surface area contributed by atoms with Crippen LogP contribution in [-0.2, 0) is 17.8 Å². The number of ether oxygens (including phenoxy) is 3. The summed E-state index contributed by atoms with van der Waals surface area (Å²) in [5, 5.41) is 15.4. The van der Waals surface area contributed by atoms with Crippen molar-refractivity contribution in [1.82, 2.24) is 9.80 Å². The number of rotatable bonds is 8. The number of nitrogens with one attached hydrogen (secondary N) is 2. The zero-order valence-electron chi connectivity index (χ0n) is 24.5. The highest BCUT2D eigenvalue weighted by molar-refractivity contribution is 6.00. The molecule has 0 aliphatic carbocycles. The lowest BCUT2D eigenvalue weighted by Crippen LogP contribution is -2.47. The van der Waals surface area contributed by atoms with Gasteiger partial charge in [0.1, 0.15) is 17.7 Å². The number of nitrogens with zero attached hydrogens (tertiary/aromatic N) is 2. The Hall–Kier alpha value is -4.35. The second-order valence-electron chi connectivity index (χ2n) is 11.2. The predicted octanol–water partition coefficient (Wildman–Crippen LogP) is 4.48. The molecular formula is C32H37FN4O6. The summed E-state index contributed by atoms with van der Waals surface area (Å²) in [7, 11) is 2.01. The van der Waals surface area contributed by atoms with Gasteiger partial charge in [-0.15, -0.1) is 0 Å². The van der Waals surface area contributed by atoms with Crippen LogP contribution in [0.5, 0.6) is 17.2 Å². The lowest BCUT2D eigenvalue weighted by atomic mass is 10.0. The number of halogens is 1. The van der Waals surface area contributed by atoms with Crippen molar-refractivity contribution >= 4 is 23.3 Å². The summed E-state index contributed by atoms with van der Waals surface area (Å²) < 4.78 is 30.8. The van der Waals surface area contributed by atoms with Crippen LogP contribution in [0.25, 0.3) is 0 Å². The molecule has 0 aromatic heterocycles. The summed E-state index contributed by atoms with van der Waals surface area (Å²) in [6.07, 6.45) is -0.237. The molecule has 0 spiro atoms. The number of carbonyl (C=O) groups excluding carboxylic acids is 2. The molecule has 0 unspecified atom stereocenters. The van der Waals surface area contributed by atoms with Crippen molar-refractivity contribution in [2.24, 2.45) is 5.92 Å². The van der Waals surface area contributed by atoms with Gasteiger partial charge >= 0.3 is 6.03 Å². The number of fused-ring (bicyclic) bond motifs is 2. The van der Waals surface area contributed by atoms with Gasteiger partial charge in [-0.2, -0.15) is 0 Å². The Morgan fingerprint density at radius 2 is 1.74 bits per heavy atom. The van der Waals surface area contributed by atoms with Gasteiger partial charge < -0.3 is 34.9 Å². The van der Waals surface area contributed by atoms with Gasteiger partial charge in [-0.05, 0) is 74.1 Å². The van der Waals surface area contributed by atoms with Crippen molar-refractivity contribution < 1.29 is 33.3 Å². The number of hydrogen-bond donors (Lipinski definition) is 3. The number of anilines is 2. The second-order valence-corrected chi connectivity index (χ2v) is 11.2. The van der Waals surface area contributed by atoms with Crippen molar-refractivity contribution in [2.75, 3.05) is 44.2 Å². The van der Waals surface area contributed by atoms with Crippen molar-refractivity contribution in [1.29, 1.82) is 0 Å². The monoisotopic (exact) mass is 592 g/mol. The number of carbonyl (C=O) groups is 2. The fraction of sp³-hybridized carbons (Fsp3) is 0.375. The zero-order valence-corrected chi connectivity index (χ0v) is 24.5. The summed E-state index contributed by atoms with van der Waals surface area (Å²) in [5.41, 5.74) is 2.61. The Kier molecular flexibility index (Phi) is 9.32. The molecule has 0 saturated carbocycles. The fourth-order valence-corrected chi connectivity index (χ4v) is 5.27. The molecule has 0 radical (unpaired) electrons. The number of benzene rings is 3. The molecular weight excluding hydrogens is 555 g/mol. The van der Waals surface area contributed by atoms with E-state index in [9.17, 15) is 19.1 Å². The van der Waals surface area contributed by atoms with Crippen LogP contribution in [0.1, 0.15) is 25.0 Å². The van der Waals surface area contributed by atoms with E-state index in [2.05, 4.69) is 15.5 Å². The normalized spacial score (nSPS) is 18.7. The zero-order chi connectivity index (χ0) is 30.5. The quantitative estimate of drug-likeness (QED) is 0.354. The van der Waals surface area contributed by atoms with Gasteiger partial charge in [0.15, 0.2) is 11.5 Å². The van der Waals surface area contributed by atoms with E-state index in [1.807, 2.05) is 39.1 Å².